The molecule has 106 valence electrons. The molecule has 0 aliphatic carbocycles. The van der Waals surface area contributed by atoms with Crippen molar-refractivity contribution >= 4 is 33.9 Å². The number of nitrogens with one attached hydrogen (secondary N) is 2. The molecule has 0 unspecified atom stereocenters. The SMILES string of the molecule is C/C(=N\NC(=O)c1cc2cc(C)ccc2[nH]1)c1cccs1. The van der Waals surface area contributed by atoms with E-state index in [9.17, 15) is 4.79 Å². The first-order chi connectivity index (χ1) is 10.1. The lowest BCUT2D eigenvalue weighted by Crippen LogP contribution is -2.19. The van der Waals surface area contributed by atoms with Crippen LogP contribution in [0.5, 0.6) is 0 Å². The van der Waals surface area contributed by atoms with E-state index in [1.807, 2.05) is 55.6 Å². The largest absolute Gasteiger partial charge is 0.350 e. The summed E-state index contributed by atoms with van der Waals surface area (Å²) in [6.07, 6.45) is 0. The maximum absolute atomic E-state index is 12.1. The summed E-state index contributed by atoms with van der Waals surface area (Å²) in [5.74, 6) is -0.236. The molecule has 2 aromatic heterocycles. The zero-order valence-corrected chi connectivity index (χ0v) is 12.6. The number of carbonyl (C=O) groups excluding carboxylic acids is 1. The van der Waals surface area contributed by atoms with E-state index in [-0.39, 0.29) is 5.91 Å². The number of fused-ring (bicyclic) bond motifs is 1. The van der Waals surface area contributed by atoms with Gasteiger partial charge < -0.3 is 4.98 Å². The van der Waals surface area contributed by atoms with E-state index in [1.54, 1.807) is 11.3 Å². The predicted molar refractivity (Wildman–Crippen MR) is 87.0 cm³/mol. The van der Waals surface area contributed by atoms with Crippen LogP contribution >= 0.6 is 11.3 Å². The van der Waals surface area contributed by atoms with E-state index in [4.69, 9.17) is 0 Å². The van der Waals surface area contributed by atoms with Crippen molar-refractivity contribution < 1.29 is 4.79 Å². The maximum atomic E-state index is 12.1. The van der Waals surface area contributed by atoms with E-state index in [0.29, 0.717) is 5.69 Å². The van der Waals surface area contributed by atoms with Crippen molar-refractivity contribution in [3.8, 4) is 0 Å². The molecule has 3 rings (SSSR count). The second kappa shape index (κ2) is 5.54. The van der Waals surface area contributed by atoms with Crippen molar-refractivity contribution in [2.75, 3.05) is 0 Å². The quantitative estimate of drug-likeness (QED) is 0.562. The molecule has 1 aromatic carbocycles. The molecule has 0 saturated carbocycles. The minimum atomic E-state index is -0.236. The van der Waals surface area contributed by atoms with Gasteiger partial charge >= 0.3 is 0 Å². The molecule has 1 amide bonds. The number of nitrogens with zero attached hydrogens (tertiary/aromatic N) is 1. The van der Waals surface area contributed by atoms with Gasteiger partial charge in [0.25, 0.3) is 5.91 Å². The number of benzene rings is 1. The van der Waals surface area contributed by atoms with E-state index >= 15 is 0 Å². The molecule has 0 bridgehead atoms. The Morgan fingerprint density at radius 3 is 2.90 bits per heavy atom. The van der Waals surface area contributed by atoms with Gasteiger partial charge in [0, 0.05) is 15.8 Å². The van der Waals surface area contributed by atoms with E-state index in [0.717, 1.165) is 21.5 Å². The summed E-state index contributed by atoms with van der Waals surface area (Å²) in [6, 6.07) is 11.8. The Morgan fingerprint density at radius 1 is 1.29 bits per heavy atom. The van der Waals surface area contributed by atoms with Crippen molar-refractivity contribution in [1.29, 1.82) is 0 Å². The normalized spacial score (nSPS) is 11.8. The van der Waals surface area contributed by atoms with E-state index < -0.39 is 0 Å². The lowest BCUT2D eigenvalue weighted by Gasteiger charge is -1.99. The van der Waals surface area contributed by atoms with E-state index in [2.05, 4.69) is 15.5 Å². The van der Waals surface area contributed by atoms with Crippen LogP contribution in [0.4, 0.5) is 0 Å². The predicted octanol–water partition coefficient (Wildman–Crippen LogP) is 3.69. The number of hydrogen-bond donors (Lipinski definition) is 2. The zero-order valence-electron chi connectivity index (χ0n) is 11.8. The lowest BCUT2D eigenvalue weighted by atomic mass is 10.2. The highest BCUT2D eigenvalue weighted by molar-refractivity contribution is 7.12. The third-order valence-corrected chi connectivity index (χ3v) is 4.20. The van der Waals surface area contributed by atoms with Gasteiger partial charge in [0.1, 0.15) is 5.69 Å². The van der Waals surface area contributed by atoms with Gasteiger partial charge in [-0.15, -0.1) is 11.3 Å². The van der Waals surface area contributed by atoms with Gasteiger partial charge in [0.2, 0.25) is 0 Å². The van der Waals surface area contributed by atoms with Crippen molar-refractivity contribution in [3.63, 3.8) is 0 Å². The van der Waals surface area contributed by atoms with Gasteiger partial charge in [-0.05, 0) is 43.5 Å². The smallest absolute Gasteiger partial charge is 0.287 e. The average molecular weight is 297 g/mol. The molecule has 2 N–H and O–H groups in total. The van der Waals surface area contributed by atoms with Crippen LogP contribution in [0.2, 0.25) is 0 Å². The highest BCUT2D eigenvalue weighted by Gasteiger charge is 2.09. The van der Waals surface area contributed by atoms with Gasteiger partial charge in [-0.1, -0.05) is 17.7 Å². The molecule has 0 saturated heterocycles. The number of carbonyl (C=O) groups is 1. The van der Waals surface area contributed by atoms with Gasteiger partial charge in [0.05, 0.1) is 5.71 Å². The van der Waals surface area contributed by atoms with Crippen molar-refractivity contribution in [1.82, 2.24) is 10.4 Å². The molecule has 0 spiro atoms. The number of amides is 1. The van der Waals surface area contributed by atoms with Crippen LogP contribution in [0.1, 0.15) is 27.9 Å². The fourth-order valence-electron chi connectivity index (χ4n) is 2.11. The second-order valence-corrected chi connectivity index (χ2v) is 5.84. The zero-order chi connectivity index (χ0) is 14.8. The highest BCUT2D eigenvalue weighted by atomic mass is 32.1. The molecule has 0 radical (unpaired) electrons. The van der Waals surface area contributed by atoms with Crippen LogP contribution in [-0.2, 0) is 0 Å². The molecule has 0 aliphatic heterocycles. The van der Waals surface area contributed by atoms with Crippen LogP contribution in [0.25, 0.3) is 10.9 Å². The van der Waals surface area contributed by atoms with Crippen molar-refractivity contribution in [2.24, 2.45) is 5.10 Å². The Morgan fingerprint density at radius 2 is 2.14 bits per heavy atom. The Hall–Kier alpha value is -2.40. The van der Waals surface area contributed by atoms with Gasteiger partial charge in [-0.3, -0.25) is 4.79 Å². The van der Waals surface area contributed by atoms with Crippen LogP contribution in [0.15, 0.2) is 46.9 Å². The van der Waals surface area contributed by atoms with Crippen LogP contribution in [0.3, 0.4) is 0 Å². The summed E-state index contributed by atoms with van der Waals surface area (Å²) in [4.78, 5) is 16.3. The molecule has 5 heteroatoms. The topological polar surface area (TPSA) is 57.2 Å². The fourth-order valence-corrected chi connectivity index (χ4v) is 2.79. The maximum Gasteiger partial charge on any atom is 0.287 e. The number of rotatable bonds is 3. The molecule has 21 heavy (non-hydrogen) atoms. The first-order valence-corrected chi connectivity index (χ1v) is 7.49. The highest BCUT2D eigenvalue weighted by Crippen LogP contribution is 2.17. The Bertz CT molecular complexity index is 815. The van der Waals surface area contributed by atoms with Crippen molar-refractivity contribution in [3.05, 3.63) is 57.9 Å². The second-order valence-electron chi connectivity index (χ2n) is 4.89. The van der Waals surface area contributed by atoms with Crippen LogP contribution in [-0.4, -0.2) is 16.6 Å². The Kier molecular flexibility index (Phi) is 3.58. The summed E-state index contributed by atoms with van der Waals surface area (Å²) in [6.45, 7) is 3.90. The number of aromatic amines is 1. The third kappa shape index (κ3) is 2.87. The molecule has 0 fully saturated rings. The minimum absolute atomic E-state index is 0.236. The minimum Gasteiger partial charge on any atom is -0.350 e. The molecule has 0 aliphatic rings. The van der Waals surface area contributed by atoms with Crippen molar-refractivity contribution in [2.45, 2.75) is 13.8 Å². The molecule has 4 nitrogen and oxygen atoms in total. The molecular formula is C16H15N3OS. The first kappa shape index (κ1) is 13.6. The Balaban J connectivity index is 1.79. The first-order valence-electron chi connectivity index (χ1n) is 6.61. The molecule has 0 atom stereocenters. The number of hydrogen-bond acceptors (Lipinski definition) is 3. The third-order valence-electron chi connectivity index (χ3n) is 3.22. The van der Waals surface area contributed by atoms with Crippen LogP contribution in [0, 0.1) is 6.92 Å². The summed E-state index contributed by atoms with van der Waals surface area (Å²) in [5, 5.41) is 7.15. The van der Waals surface area contributed by atoms with Gasteiger partial charge in [-0.2, -0.15) is 5.10 Å². The standard InChI is InChI=1S/C16H15N3OS/c1-10-5-6-13-12(8-10)9-14(17-13)16(20)19-18-11(2)15-4-3-7-21-15/h3-9,17H,1-2H3,(H,19,20)/b18-11+. The number of aromatic nitrogens is 1. The summed E-state index contributed by atoms with van der Waals surface area (Å²) in [5.41, 5.74) is 6.01. The Labute approximate surface area is 126 Å². The summed E-state index contributed by atoms with van der Waals surface area (Å²) >= 11 is 1.59. The number of hydrazone groups is 1. The van der Waals surface area contributed by atoms with Gasteiger partial charge in [0.15, 0.2) is 0 Å². The summed E-state index contributed by atoms with van der Waals surface area (Å²) in [7, 11) is 0. The average Bonchev–Trinajstić information content (AvgIpc) is 3.12. The van der Waals surface area contributed by atoms with Crippen LogP contribution < -0.4 is 5.43 Å². The molecular weight excluding hydrogens is 282 g/mol. The summed E-state index contributed by atoms with van der Waals surface area (Å²) < 4.78 is 0. The lowest BCUT2D eigenvalue weighted by molar-refractivity contribution is 0.0950. The molecule has 2 heterocycles. The molecule has 3 aromatic rings. The number of aryl methyl sites for hydroxylation is 1. The van der Waals surface area contributed by atoms with E-state index in [1.165, 1.54) is 5.56 Å². The number of thiophene rings is 1. The van der Waals surface area contributed by atoms with Gasteiger partial charge in [-0.25, -0.2) is 5.43 Å². The number of H-pyrrole nitrogens is 1. The monoisotopic (exact) mass is 297 g/mol. The fraction of sp³-hybridized carbons (Fsp3) is 0.125.